The molecule has 0 saturated carbocycles. The van der Waals surface area contributed by atoms with Crippen LogP contribution in [0.15, 0.2) is 0 Å². The minimum atomic E-state index is -0.764. The van der Waals surface area contributed by atoms with Gasteiger partial charge in [0.2, 0.25) is 5.91 Å². The summed E-state index contributed by atoms with van der Waals surface area (Å²) < 4.78 is 5.25. The van der Waals surface area contributed by atoms with Gasteiger partial charge in [0.05, 0.1) is 12.0 Å². The molecule has 0 radical (unpaired) electrons. The highest BCUT2D eigenvalue weighted by atomic mass is 16.5. The number of nitrogens with zero attached hydrogens (tertiary/aromatic N) is 1. The first-order chi connectivity index (χ1) is 8.34. The zero-order valence-electron chi connectivity index (χ0n) is 11.4. The Morgan fingerprint density at radius 3 is 2.67 bits per heavy atom. The van der Waals surface area contributed by atoms with Crippen molar-refractivity contribution in [2.24, 2.45) is 5.92 Å². The molecule has 1 aliphatic rings. The SMILES string of the molecule is COC(C)(C)CC(=O)N1CCC(CCC(=O)O)C1. The summed E-state index contributed by atoms with van der Waals surface area (Å²) in [7, 11) is 1.60. The van der Waals surface area contributed by atoms with E-state index in [0.29, 0.717) is 25.3 Å². The molecule has 0 aliphatic carbocycles. The van der Waals surface area contributed by atoms with Crippen LogP contribution in [0.5, 0.6) is 0 Å². The largest absolute Gasteiger partial charge is 0.481 e. The van der Waals surface area contributed by atoms with Crippen molar-refractivity contribution < 1.29 is 19.4 Å². The van der Waals surface area contributed by atoms with Crippen molar-refractivity contribution in [3.63, 3.8) is 0 Å². The lowest BCUT2D eigenvalue weighted by Gasteiger charge is -2.25. The smallest absolute Gasteiger partial charge is 0.303 e. The van der Waals surface area contributed by atoms with Crippen LogP contribution >= 0.6 is 0 Å². The molecule has 104 valence electrons. The van der Waals surface area contributed by atoms with Gasteiger partial charge in [-0.1, -0.05) is 0 Å². The highest BCUT2D eigenvalue weighted by molar-refractivity contribution is 5.77. The van der Waals surface area contributed by atoms with Crippen LogP contribution in [0, 0.1) is 5.92 Å². The van der Waals surface area contributed by atoms with Gasteiger partial charge >= 0.3 is 5.97 Å². The van der Waals surface area contributed by atoms with E-state index in [4.69, 9.17) is 9.84 Å². The molecule has 5 heteroatoms. The van der Waals surface area contributed by atoms with Crippen molar-refractivity contribution in [2.45, 2.75) is 45.1 Å². The lowest BCUT2D eigenvalue weighted by molar-refractivity contribution is -0.137. The number of rotatable bonds is 6. The molecule has 1 aliphatic heterocycles. The fourth-order valence-corrected chi connectivity index (χ4v) is 2.17. The second-order valence-electron chi connectivity index (χ2n) is 5.57. The second kappa shape index (κ2) is 6.18. The molecule has 0 aromatic heterocycles. The third-order valence-corrected chi connectivity index (χ3v) is 3.53. The summed E-state index contributed by atoms with van der Waals surface area (Å²) in [5.74, 6) is -0.337. The molecule has 0 aromatic rings. The van der Waals surface area contributed by atoms with Crippen LogP contribution in [0.2, 0.25) is 0 Å². The van der Waals surface area contributed by atoms with Gasteiger partial charge in [0.15, 0.2) is 0 Å². The number of likely N-dealkylation sites (tertiary alicyclic amines) is 1. The average Bonchev–Trinajstić information content (AvgIpc) is 2.74. The molecule has 0 spiro atoms. The first-order valence-corrected chi connectivity index (χ1v) is 6.39. The van der Waals surface area contributed by atoms with Crippen LogP contribution in [0.25, 0.3) is 0 Å². The molecular formula is C13H23NO4. The number of aliphatic carboxylic acids is 1. The van der Waals surface area contributed by atoms with E-state index in [9.17, 15) is 9.59 Å². The van der Waals surface area contributed by atoms with Crippen LogP contribution < -0.4 is 0 Å². The van der Waals surface area contributed by atoms with E-state index in [1.54, 1.807) is 7.11 Å². The van der Waals surface area contributed by atoms with Gasteiger partial charge in [-0.3, -0.25) is 9.59 Å². The van der Waals surface area contributed by atoms with Crippen LogP contribution in [-0.4, -0.2) is 47.7 Å². The Morgan fingerprint density at radius 2 is 2.11 bits per heavy atom. The van der Waals surface area contributed by atoms with E-state index >= 15 is 0 Å². The van der Waals surface area contributed by atoms with E-state index in [0.717, 1.165) is 13.0 Å². The fraction of sp³-hybridized carbons (Fsp3) is 0.846. The molecule has 0 aromatic carbocycles. The van der Waals surface area contributed by atoms with Crippen molar-refractivity contribution in [3.8, 4) is 0 Å². The van der Waals surface area contributed by atoms with Crippen LogP contribution in [-0.2, 0) is 14.3 Å². The summed E-state index contributed by atoms with van der Waals surface area (Å²) in [5, 5.41) is 8.64. The zero-order valence-corrected chi connectivity index (χ0v) is 11.4. The second-order valence-corrected chi connectivity index (χ2v) is 5.57. The highest BCUT2D eigenvalue weighted by Crippen LogP contribution is 2.23. The molecule has 1 heterocycles. The normalized spacial score (nSPS) is 20.2. The topological polar surface area (TPSA) is 66.8 Å². The summed E-state index contributed by atoms with van der Waals surface area (Å²) in [5.41, 5.74) is -0.434. The highest BCUT2D eigenvalue weighted by Gasteiger charge is 2.30. The monoisotopic (exact) mass is 257 g/mol. The Kier molecular flexibility index (Phi) is 5.14. The summed E-state index contributed by atoms with van der Waals surface area (Å²) in [6.45, 7) is 5.21. The quantitative estimate of drug-likeness (QED) is 0.783. The third-order valence-electron chi connectivity index (χ3n) is 3.53. The van der Waals surface area contributed by atoms with E-state index in [1.165, 1.54) is 0 Å². The van der Waals surface area contributed by atoms with Crippen molar-refractivity contribution in [1.29, 1.82) is 0 Å². The van der Waals surface area contributed by atoms with Gasteiger partial charge < -0.3 is 14.7 Å². The van der Waals surface area contributed by atoms with Crippen LogP contribution in [0.1, 0.15) is 39.5 Å². The molecule has 1 fully saturated rings. The summed E-state index contributed by atoms with van der Waals surface area (Å²) >= 11 is 0. The summed E-state index contributed by atoms with van der Waals surface area (Å²) in [6, 6.07) is 0. The lowest BCUT2D eigenvalue weighted by atomic mass is 10.0. The van der Waals surface area contributed by atoms with Crippen molar-refractivity contribution in [2.75, 3.05) is 20.2 Å². The maximum Gasteiger partial charge on any atom is 0.303 e. The van der Waals surface area contributed by atoms with Gasteiger partial charge in [0.25, 0.3) is 0 Å². The van der Waals surface area contributed by atoms with E-state index in [2.05, 4.69) is 0 Å². The number of hydrogen-bond acceptors (Lipinski definition) is 3. The number of methoxy groups -OCH3 is 1. The van der Waals surface area contributed by atoms with Crippen molar-refractivity contribution in [1.82, 2.24) is 4.90 Å². The molecule has 18 heavy (non-hydrogen) atoms. The van der Waals surface area contributed by atoms with Gasteiger partial charge in [0.1, 0.15) is 0 Å². The number of amides is 1. The molecular weight excluding hydrogens is 234 g/mol. The fourth-order valence-electron chi connectivity index (χ4n) is 2.17. The average molecular weight is 257 g/mol. The molecule has 1 atom stereocenters. The minimum Gasteiger partial charge on any atom is -0.481 e. The van der Waals surface area contributed by atoms with Gasteiger partial charge in [-0.2, -0.15) is 0 Å². The van der Waals surface area contributed by atoms with Crippen molar-refractivity contribution in [3.05, 3.63) is 0 Å². The molecule has 1 N–H and O–H groups in total. The van der Waals surface area contributed by atoms with Crippen molar-refractivity contribution >= 4 is 11.9 Å². The molecule has 0 bridgehead atoms. The number of carbonyl (C=O) groups excluding carboxylic acids is 1. The number of hydrogen-bond donors (Lipinski definition) is 1. The molecule has 1 unspecified atom stereocenters. The minimum absolute atomic E-state index is 0.0969. The van der Waals surface area contributed by atoms with Crippen LogP contribution in [0.3, 0.4) is 0 Å². The Labute approximate surface area is 108 Å². The van der Waals surface area contributed by atoms with Gasteiger partial charge in [-0.25, -0.2) is 0 Å². The predicted octanol–water partition coefficient (Wildman–Crippen LogP) is 1.51. The van der Waals surface area contributed by atoms with Gasteiger partial charge in [-0.15, -0.1) is 0 Å². The van der Waals surface area contributed by atoms with E-state index in [-0.39, 0.29) is 12.3 Å². The maximum absolute atomic E-state index is 12.0. The Hall–Kier alpha value is -1.10. The molecule has 1 amide bonds. The Morgan fingerprint density at radius 1 is 1.44 bits per heavy atom. The summed E-state index contributed by atoms with van der Waals surface area (Å²) in [6.07, 6.45) is 2.13. The summed E-state index contributed by atoms with van der Waals surface area (Å²) in [4.78, 5) is 24.4. The Balaban J connectivity index is 2.37. The molecule has 5 nitrogen and oxygen atoms in total. The van der Waals surface area contributed by atoms with Crippen LogP contribution in [0.4, 0.5) is 0 Å². The first kappa shape index (κ1) is 15.0. The number of ether oxygens (including phenoxy) is 1. The van der Waals surface area contributed by atoms with Gasteiger partial charge in [-0.05, 0) is 32.6 Å². The number of carboxylic acid groups (broad SMARTS) is 1. The third kappa shape index (κ3) is 4.64. The molecule has 1 rings (SSSR count). The molecule has 1 saturated heterocycles. The van der Waals surface area contributed by atoms with E-state index < -0.39 is 11.6 Å². The Bertz CT molecular complexity index is 314. The lowest BCUT2D eigenvalue weighted by Crippen LogP contribution is -2.36. The number of carbonyl (C=O) groups is 2. The number of carboxylic acids is 1. The predicted molar refractivity (Wildman–Crippen MR) is 67.3 cm³/mol. The van der Waals surface area contributed by atoms with Gasteiger partial charge in [0, 0.05) is 26.6 Å². The zero-order chi connectivity index (χ0) is 13.8. The van der Waals surface area contributed by atoms with E-state index in [1.807, 2.05) is 18.7 Å². The first-order valence-electron chi connectivity index (χ1n) is 6.39. The maximum atomic E-state index is 12.0. The standard InChI is InChI=1S/C13H23NO4/c1-13(2,18-3)8-11(15)14-7-6-10(9-14)4-5-12(16)17/h10H,4-9H2,1-3H3,(H,16,17).